The predicted octanol–water partition coefficient (Wildman–Crippen LogP) is 3.44. The fourth-order valence-corrected chi connectivity index (χ4v) is 2.89. The second-order valence-corrected chi connectivity index (χ2v) is 7.20. The van der Waals surface area contributed by atoms with Gasteiger partial charge in [0.1, 0.15) is 0 Å². The van der Waals surface area contributed by atoms with Crippen LogP contribution >= 0.6 is 15.9 Å². The van der Waals surface area contributed by atoms with Crippen molar-refractivity contribution in [2.45, 2.75) is 19.8 Å². The lowest BCUT2D eigenvalue weighted by atomic mass is 10.2. The van der Waals surface area contributed by atoms with E-state index in [0.717, 1.165) is 10.0 Å². The van der Waals surface area contributed by atoms with Gasteiger partial charge in [-0.3, -0.25) is 14.4 Å². The zero-order chi connectivity index (χ0) is 22.1. The van der Waals surface area contributed by atoms with Crippen LogP contribution in [0.3, 0.4) is 0 Å². The van der Waals surface area contributed by atoms with Crippen LogP contribution in [0.1, 0.15) is 28.8 Å². The second kappa shape index (κ2) is 11.1. The van der Waals surface area contributed by atoms with E-state index < -0.39 is 30.4 Å². The van der Waals surface area contributed by atoms with Crippen molar-refractivity contribution in [1.29, 1.82) is 0 Å². The average molecular weight is 477 g/mol. The number of halogens is 1. The molecule has 30 heavy (non-hydrogen) atoms. The molecule has 2 amide bonds. The van der Waals surface area contributed by atoms with Crippen molar-refractivity contribution in [1.82, 2.24) is 0 Å². The van der Waals surface area contributed by atoms with E-state index in [1.54, 1.807) is 24.3 Å². The summed E-state index contributed by atoms with van der Waals surface area (Å²) in [5.41, 5.74) is 2.32. The van der Waals surface area contributed by atoms with E-state index in [1.165, 1.54) is 19.2 Å². The second-order valence-electron chi connectivity index (χ2n) is 6.29. The maximum Gasteiger partial charge on any atom is 0.337 e. The number of rotatable bonds is 8. The Kier molecular flexibility index (Phi) is 8.54. The topological polar surface area (TPSA) is 111 Å². The van der Waals surface area contributed by atoms with E-state index in [0.29, 0.717) is 16.9 Å². The molecular weight excluding hydrogens is 456 g/mol. The SMILES string of the molecule is COC(=O)c1ccc(NC(=O)CCC(=O)OCC(=O)Nc2ccc(Br)cc2C)cc1. The maximum absolute atomic E-state index is 11.9. The van der Waals surface area contributed by atoms with Crippen LogP contribution in [-0.2, 0) is 23.9 Å². The van der Waals surface area contributed by atoms with Crippen molar-refractivity contribution in [2.24, 2.45) is 0 Å². The first kappa shape index (κ1) is 23.1. The van der Waals surface area contributed by atoms with Gasteiger partial charge in [0.2, 0.25) is 5.91 Å². The Morgan fingerprint density at radius 2 is 1.63 bits per heavy atom. The van der Waals surface area contributed by atoms with Gasteiger partial charge in [0, 0.05) is 22.3 Å². The fraction of sp³-hybridized carbons (Fsp3) is 0.238. The van der Waals surface area contributed by atoms with Gasteiger partial charge in [-0.15, -0.1) is 0 Å². The van der Waals surface area contributed by atoms with E-state index >= 15 is 0 Å². The number of benzene rings is 2. The first-order valence-corrected chi connectivity index (χ1v) is 9.77. The number of methoxy groups -OCH3 is 1. The molecule has 0 aliphatic rings. The number of carbonyl (C=O) groups excluding carboxylic acids is 4. The molecular formula is C21H21BrN2O6. The summed E-state index contributed by atoms with van der Waals surface area (Å²) in [5.74, 6) is -2.00. The first-order valence-electron chi connectivity index (χ1n) is 8.98. The van der Waals surface area contributed by atoms with Gasteiger partial charge in [0.15, 0.2) is 6.61 Å². The number of anilines is 2. The number of hydrogen-bond acceptors (Lipinski definition) is 6. The van der Waals surface area contributed by atoms with Crippen LogP contribution in [0.25, 0.3) is 0 Å². The normalized spacial score (nSPS) is 10.1. The number of nitrogens with one attached hydrogen (secondary N) is 2. The van der Waals surface area contributed by atoms with Crippen molar-refractivity contribution in [3.05, 3.63) is 58.1 Å². The minimum absolute atomic E-state index is 0.106. The molecule has 9 heteroatoms. The molecule has 0 saturated carbocycles. The van der Waals surface area contributed by atoms with E-state index in [4.69, 9.17) is 4.74 Å². The van der Waals surface area contributed by atoms with Crippen molar-refractivity contribution in [3.8, 4) is 0 Å². The molecule has 8 nitrogen and oxygen atoms in total. The van der Waals surface area contributed by atoms with Crippen molar-refractivity contribution < 1.29 is 28.7 Å². The minimum atomic E-state index is -0.658. The average Bonchev–Trinajstić information content (AvgIpc) is 2.72. The molecule has 2 rings (SSSR count). The summed E-state index contributed by atoms with van der Waals surface area (Å²) in [6, 6.07) is 11.5. The van der Waals surface area contributed by atoms with Crippen molar-refractivity contribution in [3.63, 3.8) is 0 Å². The zero-order valence-corrected chi connectivity index (χ0v) is 18.1. The van der Waals surface area contributed by atoms with Gasteiger partial charge >= 0.3 is 11.9 Å². The molecule has 2 aromatic rings. The molecule has 2 N–H and O–H groups in total. The number of aryl methyl sites for hydroxylation is 1. The molecule has 0 radical (unpaired) electrons. The lowest BCUT2D eigenvalue weighted by Gasteiger charge is -2.09. The van der Waals surface area contributed by atoms with Crippen LogP contribution in [0.4, 0.5) is 11.4 Å². The first-order chi connectivity index (χ1) is 14.3. The summed E-state index contributed by atoms with van der Waals surface area (Å²) in [7, 11) is 1.28. The summed E-state index contributed by atoms with van der Waals surface area (Å²) in [6.45, 7) is 1.40. The summed E-state index contributed by atoms with van der Waals surface area (Å²) < 4.78 is 10.4. The Labute approximate surface area is 182 Å². The lowest BCUT2D eigenvalue weighted by molar-refractivity contribution is -0.147. The molecule has 0 aliphatic carbocycles. The Balaban J connectivity index is 1.71. The highest BCUT2D eigenvalue weighted by Crippen LogP contribution is 2.20. The third-order valence-corrected chi connectivity index (χ3v) is 4.47. The number of amides is 2. The third kappa shape index (κ3) is 7.32. The smallest absolute Gasteiger partial charge is 0.337 e. The van der Waals surface area contributed by atoms with Gasteiger partial charge in [-0.1, -0.05) is 15.9 Å². The van der Waals surface area contributed by atoms with E-state index in [2.05, 4.69) is 31.3 Å². The molecule has 0 unspecified atom stereocenters. The van der Waals surface area contributed by atoms with E-state index in [1.807, 2.05) is 13.0 Å². The molecule has 2 aromatic carbocycles. The lowest BCUT2D eigenvalue weighted by Crippen LogP contribution is -2.22. The maximum atomic E-state index is 11.9. The quantitative estimate of drug-likeness (QED) is 0.564. The van der Waals surface area contributed by atoms with Gasteiger partial charge < -0.3 is 20.1 Å². The van der Waals surface area contributed by atoms with E-state index in [9.17, 15) is 19.2 Å². The number of hydrogen-bond donors (Lipinski definition) is 2. The van der Waals surface area contributed by atoms with Crippen LogP contribution in [0.2, 0.25) is 0 Å². The number of esters is 2. The summed E-state index contributed by atoms with van der Waals surface area (Å²) in [6.07, 6.45) is -0.276. The Hall–Kier alpha value is -3.20. The van der Waals surface area contributed by atoms with Crippen LogP contribution in [0.5, 0.6) is 0 Å². The van der Waals surface area contributed by atoms with E-state index in [-0.39, 0.29) is 12.8 Å². The van der Waals surface area contributed by atoms with Crippen LogP contribution in [-0.4, -0.2) is 37.5 Å². The predicted molar refractivity (Wildman–Crippen MR) is 114 cm³/mol. The van der Waals surface area contributed by atoms with Crippen LogP contribution < -0.4 is 10.6 Å². The molecule has 0 aliphatic heterocycles. The molecule has 0 heterocycles. The van der Waals surface area contributed by atoms with Crippen molar-refractivity contribution in [2.75, 3.05) is 24.4 Å². The third-order valence-electron chi connectivity index (χ3n) is 3.97. The van der Waals surface area contributed by atoms with Crippen molar-refractivity contribution >= 4 is 51.1 Å². The van der Waals surface area contributed by atoms with Gasteiger partial charge in [-0.05, 0) is 55.0 Å². The molecule has 0 bridgehead atoms. The monoisotopic (exact) mass is 476 g/mol. The highest BCUT2D eigenvalue weighted by atomic mass is 79.9. The highest BCUT2D eigenvalue weighted by molar-refractivity contribution is 9.10. The van der Waals surface area contributed by atoms with Crippen LogP contribution in [0, 0.1) is 6.92 Å². The zero-order valence-electron chi connectivity index (χ0n) is 16.5. The Bertz CT molecular complexity index is 943. The molecule has 0 aromatic heterocycles. The molecule has 0 atom stereocenters. The fourth-order valence-electron chi connectivity index (χ4n) is 2.42. The summed E-state index contributed by atoms with van der Waals surface area (Å²) in [4.78, 5) is 47.0. The highest BCUT2D eigenvalue weighted by Gasteiger charge is 2.12. The van der Waals surface area contributed by atoms with Crippen LogP contribution in [0.15, 0.2) is 46.9 Å². The Morgan fingerprint density at radius 1 is 0.933 bits per heavy atom. The summed E-state index contributed by atoms with van der Waals surface area (Å²) in [5, 5.41) is 5.27. The van der Waals surface area contributed by atoms with Gasteiger partial charge in [0.25, 0.3) is 5.91 Å². The van der Waals surface area contributed by atoms with Gasteiger partial charge in [-0.2, -0.15) is 0 Å². The van der Waals surface area contributed by atoms with Gasteiger partial charge in [0.05, 0.1) is 19.1 Å². The number of carbonyl (C=O) groups is 4. The molecule has 0 fully saturated rings. The van der Waals surface area contributed by atoms with Gasteiger partial charge in [-0.25, -0.2) is 4.79 Å². The molecule has 0 spiro atoms. The Morgan fingerprint density at radius 3 is 2.27 bits per heavy atom. The molecule has 158 valence electrons. The number of ether oxygens (including phenoxy) is 2. The summed E-state index contributed by atoms with van der Waals surface area (Å²) >= 11 is 3.34. The largest absolute Gasteiger partial charge is 0.465 e. The minimum Gasteiger partial charge on any atom is -0.465 e. The standard InChI is InChI=1S/C21H21BrN2O6/c1-13-11-15(22)5-8-17(13)24-19(26)12-30-20(27)10-9-18(25)23-16-6-3-14(4-7-16)21(28)29-2/h3-8,11H,9-10,12H2,1-2H3,(H,23,25)(H,24,26). The molecule has 0 saturated heterocycles.